The van der Waals surface area contributed by atoms with Gasteiger partial charge in [0.15, 0.2) is 0 Å². The van der Waals surface area contributed by atoms with Crippen molar-refractivity contribution in [3.8, 4) is 11.1 Å². The molecule has 0 bridgehead atoms. The van der Waals surface area contributed by atoms with Gasteiger partial charge in [-0.25, -0.2) is 0 Å². The van der Waals surface area contributed by atoms with Gasteiger partial charge in [0, 0.05) is 12.3 Å². The zero-order valence-corrected chi connectivity index (χ0v) is 14.3. The van der Waals surface area contributed by atoms with Crippen molar-refractivity contribution in [1.82, 2.24) is 4.98 Å². The first kappa shape index (κ1) is 17.5. The van der Waals surface area contributed by atoms with Gasteiger partial charge in [-0.2, -0.15) is 0 Å². The Labute approximate surface area is 143 Å². The summed E-state index contributed by atoms with van der Waals surface area (Å²) in [6.45, 7) is 7.85. The van der Waals surface area contributed by atoms with Crippen LogP contribution in [0.2, 0.25) is 0 Å². The second-order valence-electron chi connectivity index (χ2n) is 5.60. The smallest absolute Gasteiger partial charge is 0.248 e. The first-order chi connectivity index (χ1) is 11.6. The van der Waals surface area contributed by atoms with Crippen molar-refractivity contribution in [2.75, 3.05) is 0 Å². The van der Waals surface area contributed by atoms with E-state index < -0.39 is 0 Å². The number of pyridine rings is 1. The number of H-pyrrole nitrogens is 1. The molecule has 0 fully saturated rings. The molecule has 0 saturated heterocycles. The monoisotopic (exact) mass is 317 g/mol. The summed E-state index contributed by atoms with van der Waals surface area (Å²) in [6.07, 6.45) is 14.8. The minimum absolute atomic E-state index is 0.0873. The van der Waals surface area contributed by atoms with E-state index in [0.29, 0.717) is 0 Å². The van der Waals surface area contributed by atoms with E-state index in [-0.39, 0.29) is 5.56 Å². The van der Waals surface area contributed by atoms with Crippen LogP contribution in [-0.2, 0) is 0 Å². The summed E-state index contributed by atoms with van der Waals surface area (Å²) in [6, 6.07) is 9.78. The molecule has 0 saturated carbocycles. The van der Waals surface area contributed by atoms with Crippen LogP contribution in [0.15, 0.2) is 83.9 Å². The van der Waals surface area contributed by atoms with Crippen molar-refractivity contribution in [1.29, 1.82) is 0 Å². The third-order valence-electron chi connectivity index (χ3n) is 3.75. The van der Waals surface area contributed by atoms with Crippen LogP contribution in [0.4, 0.5) is 0 Å². The van der Waals surface area contributed by atoms with E-state index in [0.717, 1.165) is 23.1 Å². The number of aromatic amines is 1. The molecule has 0 amide bonds. The van der Waals surface area contributed by atoms with E-state index >= 15 is 0 Å². The maximum Gasteiger partial charge on any atom is 0.248 e. The number of rotatable bonds is 6. The molecule has 0 unspecified atom stereocenters. The first-order valence-corrected chi connectivity index (χ1v) is 8.04. The molecule has 0 atom stereocenters. The summed E-state index contributed by atoms with van der Waals surface area (Å²) in [7, 11) is 0. The van der Waals surface area contributed by atoms with Crippen LogP contribution in [0.3, 0.4) is 0 Å². The Morgan fingerprint density at radius 3 is 2.71 bits per heavy atom. The highest BCUT2D eigenvalue weighted by molar-refractivity contribution is 5.68. The second-order valence-corrected chi connectivity index (χ2v) is 5.60. The average Bonchev–Trinajstić information content (AvgIpc) is 2.57. The van der Waals surface area contributed by atoms with E-state index in [9.17, 15) is 4.79 Å². The van der Waals surface area contributed by atoms with Gasteiger partial charge in [0.1, 0.15) is 0 Å². The Hall–Kier alpha value is -2.87. The first-order valence-electron chi connectivity index (χ1n) is 8.04. The largest absolute Gasteiger partial charge is 0.329 e. The van der Waals surface area contributed by atoms with Crippen molar-refractivity contribution < 1.29 is 0 Å². The summed E-state index contributed by atoms with van der Waals surface area (Å²) in [5.74, 6) is 0. The number of hydrogen-bond acceptors (Lipinski definition) is 1. The fourth-order valence-electron chi connectivity index (χ4n) is 2.50. The van der Waals surface area contributed by atoms with Crippen LogP contribution < -0.4 is 5.56 Å². The molecule has 2 rings (SSSR count). The van der Waals surface area contributed by atoms with E-state index in [1.165, 1.54) is 11.1 Å². The highest BCUT2D eigenvalue weighted by Gasteiger charge is 2.01. The van der Waals surface area contributed by atoms with Gasteiger partial charge < -0.3 is 4.98 Å². The maximum atomic E-state index is 11.5. The zero-order valence-electron chi connectivity index (χ0n) is 14.3. The molecule has 0 radical (unpaired) electrons. The summed E-state index contributed by atoms with van der Waals surface area (Å²) in [4.78, 5) is 14.1. The summed E-state index contributed by atoms with van der Waals surface area (Å²) in [5.41, 5.74) is 5.46. The lowest BCUT2D eigenvalue weighted by Gasteiger charge is -2.06. The van der Waals surface area contributed by atoms with Gasteiger partial charge in [0.05, 0.1) is 0 Å². The molecule has 1 N–H and O–H groups in total. The van der Waals surface area contributed by atoms with Crippen molar-refractivity contribution in [2.24, 2.45) is 0 Å². The second kappa shape index (κ2) is 8.68. The van der Waals surface area contributed by atoms with Crippen LogP contribution in [0, 0.1) is 6.92 Å². The molecule has 1 aromatic carbocycles. The lowest BCUT2D eigenvalue weighted by Crippen LogP contribution is -2.02. The molecule has 0 spiro atoms. The van der Waals surface area contributed by atoms with E-state index in [1.54, 1.807) is 12.3 Å². The zero-order chi connectivity index (χ0) is 17.4. The summed E-state index contributed by atoms with van der Waals surface area (Å²) in [5, 5.41) is 0. The average molecular weight is 317 g/mol. The highest BCUT2D eigenvalue weighted by Crippen LogP contribution is 2.22. The Morgan fingerprint density at radius 2 is 2.00 bits per heavy atom. The van der Waals surface area contributed by atoms with Gasteiger partial charge in [0.25, 0.3) is 0 Å². The molecule has 0 aliphatic rings. The molecule has 2 heteroatoms. The van der Waals surface area contributed by atoms with Gasteiger partial charge in [-0.1, -0.05) is 55.2 Å². The molecular weight excluding hydrogens is 294 g/mol. The van der Waals surface area contributed by atoms with Crippen LogP contribution in [-0.4, -0.2) is 4.98 Å². The fraction of sp³-hybridized carbons (Fsp3) is 0.136. The normalized spacial score (nSPS) is 12.2. The Balaban J connectivity index is 2.26. The predicted octanol–water partition coefficient (Wildman–Crippen LogP) is 5.44. The Bertz CT molecular complexity index is 850. The maximum absolute atomic E-state index is 11.5. The standard InChI is InChI=1S/C22H23NO/c1-4-7-18(8-5-2)9-6-10-19-15-20(12-11-17(19)3)21-13-14-23-22(24)16-21/h4-8,10-16H,1,9H2,2-3H3,(H,23,24)/b8-5-,10-6-,18-7+. The molecule has 122 valence electrons. The summed E-state index contributed by atoms with van der Waals surface area (Å²) >= 11 is 0. The molecule has 24 heavy (non-hydrogen) atoms. The number of aryl methyl sites for hydroxylation is 1. The molecule has 2 nitrogen and oxygen atoms in total. The fourth-order valence-corrected chi connectivity index (χ4v) is 2.50. The van der Waals surface area contributed by atoms with Crippen LogP contribution in [0.1, 0.15) is 24.5 Å². The highest BCUT2D eigenvalue weighted by atomic mass is 16.1. The molecule has 0 aliphatic carbocycles. The molecule has 0 aliphatic heterocycles. The lowest BCUT2D eigenvalue weighted by molar-refractivity contribution is 1.24. The molecule has 1 aromatic heterocycles. The number of allylic oxidation sites excluding steroid dienone is 6. The Kier molecular flexibility index (Phi) is 6.32. The predicted molar refractivity (Wildman–Crippen MR) is 104 cm³/mol. The number of hydrogen-bond donors (Lipinski definition) is 1. The topological polar surface area (TPSA) is 32.9 Å². The van der Waals surface area contributed by atoms with Crippen molar-refractivity contribution in [3.63, 3.8) is 0 Å². The quantitative estimate of drug-likeness (QED) is 0.707. The minimum atomic E-state index is -0.0873. The van der Waals surface area contributed by atoms with Gasteiger partial charge in [-0.05, 0) is 60.2 Å². The van der Waals surface area contributed by atoms with E-state index in [2.05, 4.69) is 48.8 Å². The van der Waals surface area contributed by atoms with Crippen molar-refractivity contribution in [3.05, 3.63) is 101 Å². The summed E-state index contributed by atoms with van der Waals surface area (Å²) < 4.78 is 0. The number of benzene rings is 1. The minimum Gasteiger partial charge on any atom is -0.329 e. The Morgan fingerprint density at radius 1 is 1.21 bits per heavy atom. The van der Waals surface area contributed by atoms with Gasteiger partial charge in [0.2, 0.25) is 5.56 Å². The van der Waals surface area contributed by atoms with Crippen LogP contribution in [0.5, 0.6) is 0 Å². The third kappa shape index (κ3) is 4.82. The lowest BCUT2D eigenvalue weighted by atomic mass is 9.99. The van der Waals surface area contributed by atoms with Gasteiger partial charge in [-0.3, -0.25) is 4.79 Å². The van der Waals surface area contributed by atoms with Gasteiger partial charge >= 0.3 is 0 Å². The molecular formula is C22H23NO. The number of nitrogens with one attached hydrogen (secondary N) is 1. The van der Waals surface area contributed by atoms with Crippen LogP contribution in [0.25, 0.3) is 17.2 Å². The third-order valence-corrected chi connectivity index (χ3v) is 3.75. The molecule has 2 aromatic rings. The van der Waals surface area contributed by atoms with E-state index in [1.807, 2.05) is 37.3 Å². The SMILES string of the molecule is C=C/C=C(\C=C/C)C/C=C\c1cc(-c2cc[nH]c(=O)c2)ccc1C. The number of aromatic nitrogens is 1. The van der Waals surface area contributed by atoms with E-state index in [4.69, 9.17) is 0 Å². The van der Waals surface area contributed by atoms with Gasteiger partial charge in [-0.15, -0.1) is 0 Å². The van der Waals surface area contributed by atoms with Crippen LogP contribution >= 0.6 is 0 Å². The molecule has 1 heterocycles. The van der Waals surface area contributed by atoms with Crippen molar-refractivity contribution >= 4 is 6.08 Å². The van der Waals surface area contributed by atoms with Crippen molar-refractivity contribution in [2.45, 2.75) is 20.3 Å².